The summed E-state index contributed by atoms with van der Waals surface area (Å²) in [7, 11) is 0. The Kier molecular flexibility index (Phi) is 8.83. The van der Waals surface area contributed by atoms with Crippen LogP contribution in [0, 0.1) is 0 Å². The number of hydrogen-bond donors (Lipinski definition) is 2. The first-order valence-electron chi connectivity index (χ1n) is 10.3. The van der Waals surface area contributed by atoms with E-state index in [-0.39, 0.29) is 17.9 Å². The fourth-order valence-electron chi connectivity index (χ4n) is 3.59. The predicted octanol–water partition coefficient (Wildman–Crippen LogP) is 3.71. The number of carbonyl (C=O) groups is 2. The van der Waals surface area contributed by atoms with Gasteiger partial charge in [-0.3, -0.25) is 19.4 Å². The van der Waals surface area contributed by atoms with E-state index in [1.54, 1.807) is 23.5 Å². The summed E-state index contributed by atoms with van der Waals surface area (Å²) in [5.74, 6) is -0.0207. The molecule has 0 aliphatic carbocycles. The van der Waals surface area contributed by atoms with Gasteiger partial charge >= 0.3 is 0 Å². The van der Waals surface area contributed by atoms with E-state index < -0.39 is 0 Å². The zero-order valence-corrected chi connectivity index (χ0v) is 19.9. The summed E-state index contributed by atoms with van der Waals surface area (Å²) in [6, 6.07) is 15.9. The third-order valence-electron chi connectivity index (χ3n) is 5.31. The van der Waals surface area contributed by atoms with Gasteiger partial charge in [-0.2, -0.15) is 0 Å². The molecule has 1 atom stereocenters. The number of carbonyl (C=O) groups excluding carboxylic acids is 2. The summed E-state index contributed by atoms with van der Waals surface area (Å²) in [4.78, 5) is 31.5. The molecule has 0 radical (unpaired) electrons. The van der Waals surface area contributed by atoms with Crippen molar-refractivity contribution in [2.75, 3.05) is 55.9 Å². The van der Waals surface area contributed by atoms with Gasteiger partial charge in [0, 0.05) is 46.8 Å². The van der Waals surface area contributed by atoms with Crippen molar-refractivity contribution in [3.8, 4) is 0 Å². The summed E-state index contributed by atoms with van der Waals surface area (Å²) in [6.45, 7) is 5.10. The fraction of sp³-hybridized carbons (Fsp3) is 0.391. The lowest BCUT2D eigenvalue weighted by atomic mass is 10.2. The maximum Gasteiger partial charge on any atom is 0.238 e. The number of hydrogen-bond acceptors (Lipinski definition) is 6. The van der Waals surface area contributed by atoms with Crippen molar-refractivity contribution in [3.05, 3.63) is 48.5 Å². The Morgan fingerprint density at radius 2 is 1.32 bits per heavy atom. The lowest BCUT2D eigenvalue weighted by molar-refractivity contribution is -0.120. The number of benzene rings is 2. The Morgan fingerprint density at radius 3 is 1.77 bits per heavy atom. The van der Waals surface area contributed by atoms with Crippen LogP contribution in [-0.4, -0.2) is 72.9 Å². The van der Waals surface area contributed by atoms with E-state index in [1.807, 2.05) is 61.0 Å². The number of anilines is 2. The van der Waals surface area contributed by atoms with E-state index in [0.717, 1.165) is 31.0 Å². The minimum atomic E-state index is -0.0105. The van der Waals surface area contributed by atoms with E-state index in [1.165, 1.54) is 9.79 Å². The highest BCUT2D eigenvalue weighted by atomic mass is 32.2. The first-order valence-corrected chi connectivity index (χ1v) is 12.8. The SMILES string of the molecule is CSc1ccc(NC(=O)CN2CCN(CC(=O)Nc3ccc(SC)cc3)C(C)C2)cc1. The minimum Gasteiger partial charge on any atom is -0.325 e. The van der Waals surface area contributed by atoms with E-state index in [0.29, 0.717) is 13.1 Å². The van der Waals surface area contributed by atoms with Crippen LogP contribution in [0.2, 0.25) is 0 Å². The third kappa shape index (κ3) is 7.28. The lowest BCUT2D eigenvalue weighted by Crippen LogP contribution is -2.54. The van der Waals surface area contributed by atoms with Crippen molar-refractivity contribution >= 4 is 46.7 Å². The molecule has 166 valence electrons. The van der Waals surface area contributed by atoms with Gasteiger partial charge in [-0.15, -0.1) is 23.5 Å². The highest BCUT2D eigenvalue weighted by Crippen LogP contribution is 2.19. The molecule has 0 bridgehead atoms. The van der Waals surface area contributed by atoms with Crippen molar-refractivity contribution in [2.24, 2.45) is 0 Å². The van der Waals surface area contributed by atoms with Crippen molar-refractivity contribution in [1.82, 2.24) is 9.80 Å². The highest BCUT2D eigenvalue weighted by molar-refractivity contribution is 7.98. The summed E-state index contributed by atoms with van der Waals surface area (Å²) >= 11 is 3.35. The number of nitrogens with one attached hydrogen (secondary N) is 2. The molecule has 0 saturated carbocycles. The Hall–Kier alpha value is -2.00. The van der Waals surface area contributed by atoms with Gasteiger partial charge in [0.25, 0.3) is 0 Å². The fourth-order valence-corrected chi connectivity index (χ4v) is 4.40. The molecule has 1 saturated heterocycles. The smallest absolute Gasteiger partial charge is 0.238 e. The predicted molar refractivity (Wildman–Crippen MR) is 131 cm³/mol. The second-order valence-corrected chi connectivity index (χ2v) is 9.37. The van der Waals surface area contributed by atoms with Crippen LogP contribution >= 0.6 is 23.5 Å². The average Bonchev–Trinajstić information content (AvgIpc) is 2.76. The molecule has 2 aromatic rings. The van der Waals surface area contributed by atoms with Crippen LogP contribution in [0.25, 0.3) is 0 Å². The Bertz CT molecular complexity index is 874. The quantitative estimate of drug-likeness (QED) is 0.588. The summed E-state index contributed by atoms with van der Waals surface area (Å²) in [5.41, 5.74) is 1.63. The normalized spacial score (nSPS) is 17.3. The van der Waals surface area contributed by atoms with Crippen LogP contribution < -0.4 is 10.6 Å². The molecule has 3 rings (SSSR count). The van der Waals surface area contributed by atoms with Crippen molar-refractivity contribution in [3.63, 3.8) is 0 Å². The molecule has 1 aliphatic heterocycles. The van der Waals surface area contributed by atoms with Crippen LogP contribution in [0.3, 0.4) is 0 Å². The summed E-state index contributed by atoms with van der Waals surface area (Å²) in [6.07, 6.45) is 4.06. The molecule has 0 aromatic heterocycles. The topological polar surface area (TPSA) is 64.7 Å². The molecule has 2 N–H and O–H groups in total. The van der Waals surface area contributed by atoms with Crippen LogP contribution in [0.5, 0.6) is 0 Å². The largest absolute Gasteiger partial charge is 0.325 e. The van der Waals surface area contributed by atoms with E-state index in [2.05, 4.69) is 27.4 Å². The molecule has 6 nitrogen and oxygen atoms in total. The van der Waals surface area contributed by atoms with E-state index in [9.17, 15) is 9.59 Å². The second-order valence-electron chi connectivity index (χ2n) is 7.61. The van der Waals surface area contributed by atoms with E-state index in [4.69, 9.17) is 0 Å². The molecule has 1 fully saturated rings. The molecule has 2 amide bonds. The van der Waals surface area contributed by atoms with Gasteiger partial charge in [0.05, 0.1) is 13.1 Å². The number of amides is 2. The maximum absolute atomic E-state index is 12.5. The average molecular weight is 459 g/mol. The maximum atomic E-state index is 12.5. The van der Waals surface area contributed by atoms with Crippen molar-refractivity contribution < 1.29 is 9.59 Å². The third-order valence-corrected chi connectivity index (χ3v) is 6.80. The summed E-state index contributed by atoms with van der Waals surface area (Å²) < 4.78 is 0. The van der Waals surface area contributed by atoms with Crippen LogP contribution in [-0.2, 0) is 9.59 Å². The molecule has 8 heteroatoms. The number of thioether (sulfide) groups is 2. The molecule has 2 aromatic carbocycles. The van der Waals surface area contributed by atoms with Gasteiger partial charge in [0.1, 0.15) is 0 Å². The second kappa shape index (κ2) is 11.6. The minimum absolute atomic E-state index is 0.0102. The lowest BCUT2D eigenvalue weighted by Gasteiger charge is -2.39. The highest BCUT2D eigenvalue weighted by Gasteiger charge is 2.26. The molecule has 1 heterocycles. The number of rotatable bonds is 8. The molecule has 0 spiro atoms. The van der Waals surface area contributed by atoms with Crippen LogP contribution in [0.4, 0.5) is 11.4 Å². The standard InChI is InChI=1S/C23H30N4O2S2/c1-17-14-26(15-22(28)24-18-4-8-20(30-2)9-5-18)12-13-27(17)16-23(29)25-19-6-10-21(31-3)11-7-19/h4-11,17H,12-16H2,1-3H3,(H,24,28)(H,25,29). The summed E-state index contributed by atoms with van der Waals surface area (Å²) in [5, 5.41) is 5.94. The van der Waals surface area contributed by atoms with Crippen LogP contribution in [0.1, 0.15) is 6.92 Å². The molecular weight excluding hydrogens is 428 g/mol. The molecule has 1 unspecified atom stereocenters. The van der Waals surface area contributed by atoms with Gasteiger partial charge in [-0.1, -0.05) is 0 Å². The van der Waals surface area contributed by atoms with Gasteiger partial charge in [-0.05, 0) is 68.0 Å². The van der Waals surface area contributed by atoms with Crippen molar-refractivity contribution in [1.29, 1.82) is 0 Å². The molecule has 1 aliphatic rings. The molecular formula is C23H30N4O2S2. The van der Waals surface area contributed by atoms with Gasteiger partial charge in [-0.25, -0.2) is 0 Å². The zero-order valence-electron chi connectivity index (χ0n) is 18.3. The number of nitrogens with zero attached hydrogens (tertiary/aromatic N) is 2. The van der Waals surface area contributed by atoms with Gasteiger partial charge < -0.3 is 10.6 Å². The first-order chi connectivity index (χ1) is 15.0. The van der Waals surface area contributed by atoms with Crippen molar-refractivity contribution in [2.45, 2.75) is 22.8 Å². The molecule has 31 heavy (non-hydrogen) atoms. The Labute approximate surface area is 193 Å². The monoisotopic (exact) mass is 458 g/mol. The Morgan fingerprint density at radius 1 is 0.839 bits per heavy atom. The van der Waals surface area contributed by atoms with Gasteiger partial charge in [0.2, 0.25) is 11.8 Å². The zero-order chi connectivity index (χ0) is 22.2. The first kappa shape index (κ1) is 23.7. The van der Waals surface area contributed by atoms with Gasteiger partial charge in [0.15, 0.2) is 0 Å². The van der Waals surface area contributed by atoms with Crippen LogP contribution in [0.15, 0.2) is 58.3 Å². The number of piperazine rings is 1. The Balaban J connectivity index is 1.42. The van der Waals surface area contributed by atoms with E-state index >= 15 is 0 Å².